The lowest BCUT2D eigenvalue weighted by Gasteiger charge is -2.30. The van der Waals surface area contributed by atoms with Gasteiger partial charge in [-0.25, -0.2) is 0 Å². The first kappa shape index (κ1) is 39.2. The van der Waals surface area contributed by atoms with Crippen LogP contribution in [-0.2, 0) is 24.0 Å². The van der Waals surface area contributed by atoms with Crippen LogP contribution in [0.5, 0.6) is 0 Å². The molecule has 5 N–H and O–H groups in total. The van der Waals surface area contributed by atoms with Crippen molar-refractivity contribution in [1.29, 1.82) is 0 Å². The van der Waals surface area contributed by atoms with Crippen molar-refractivity contribution >= 4 is 41.3 Å². The van der Waals surface area contributed by atoms with Crippen molar-refractivity contribution in [2.24, 2.45) is 0 Å². The second-order valence-electron chi connectivity index (χ2n) is 10.9. The molecule has 2 fully saturated rings. The van der Waals surface area contributed by atoms with Crippen molar-refractivity contribution in [2.75, 3.05) is 38.2 Å². The summed E-state index contributed by atoms with van der Waals surface area (Å²) in [5, 5.41) is 12.6. The predicted octanol–water partition coefficient (Wildman–Crippen LogP) is 3.42. The zero-order valence-corrected chi connectivity index (χ0v) is 28.0. The van der Waals surface area contributed by atoms with Crippen molar-refractivity contribution < 1.29 is 24.0 Å². The zero-order chi connectivity index (χ0) is 33.3. The van der Waals surface area contributed by atoms with E-state index in [0.29, 0.717) is 6.42 Å². The van der Waals surface area contributed by atoms with E-state index < -0.39 is 23.3 Å². The summed E-state index contributed by atoms with van der Waals surface area (Å²) in [5.41, 5.74) is 2.19. The monoisotopic (exact) mass is 641 g/mol. The maximum absolute atomic E-state index is 12.2. The number of nitrogens with one attached hydrogen (secondary N) is 5. The van der Waals surface area contributed by atoms with Gasteiger partial charge in [0.2, 0.25) is 29.5 Å². The van der Waals surface area contributed by atoms with E-state index in [1.165, 1.54) is 23.3 Å². The van der Waals surface area contributed by atoms with Crippen molar-refractivity contribution in [3.63, 3.8) is 0 Å². The van der Waals surface area contributed by atoms with Gasteiger partial charge in [0.05, 0.1) is 26.2 Å². The first-order valence-electron chi connectivity index (χ1n) is 15.5. The number of thioether (sulfide) groups is 1. The van der Waals surface area contributed by atoms with E-state index in [0.717, 1.165) is 25.7 Å². The summed E-state index contributed by atoms with van der Waals surface area (Å²) < 4.78 is 0. The SMILES string of the molecule is CCCSC.Cc1ccccc1.Cc1ccccc1.O=C1CCC2(CCCC2)NC(=O)CNC(=O)CNC(=O)CNC(=O)CN1. The molecule has 4 rings (SSSR count). The Morgan fingerprint density at radius 3 is 1.33 bits per heavy atom. The number of carbonyl (C=O) groups is 5. The molecule has 0 bridgehead atoms. The maximum atomic E-state index is 12.2. The highest BCUT2D eigenvalue weighted by molar-refractivity contribution is 7.98. The van der Waals surface area contributed by atoms with Gasteiger partial charge in [0.15, 0.2) is 0 Å². The molecule has 2 aromatic rings. The molecule has 11 heteroatoms. The predicted molar refractivity (Wildman–Crippen MR) is 182 cm³/mol. The van der Waals surface area contributed by atoms with Gasteiger partial charge in [0, 0.05) is 12.0 Å². The number of amides is 5. The summed E-state index contributed by atoms with van der Waals surface area (Å²) in [6.45, 7) is 5.34. The van der Waals surface area contributed by atoms with Gasteiger partial charge in [-0.3, -0.25) is 24.0 Å². The van der Waals surface area contributed by atoms with Crippen LogP contribution in [0, 0.1) is 13.8 Å². The van der Waals surface area contributed by atoms with E-state index in [4.69, 9.17) is 0 Å². The lowest BCUT2D eigenvalue weighted by atomic mass is 9.91. The van der Waals surface area contributed by atoms with Crippen molar-refractivity contribution in [3.8, 4) is 0 Å². The van der Waals surface area contributed by atoms with Crippen molar-refractivity contribution in [1.82, 2.24) is 26.6 Å². The molecule has 2 aliphatic rings. The molecule has 0 atom stereocenters. The maximum Gasteiger partial charge on any atom is 0.239 e. The molecule has 1 aliphatic carbocycles. The Balaban J connectivity index is 0.000000425. The first-order chi connectivity index (χ1) is 21.6. The average Bonchev–Trinajstić information content (AvgIpc) is 3.50. The number of hydrogen-bond donors (Lipinski definition) is 5. The molecule has 2 aromatic carbocycles. The Morgan fingerprint density at radius 2 is 1.00 bits per heavy atom. The molecule has 45 heavy (non-hydrogen) atoms. The normalized spacial score (nSPS) is 17.1. The van der Waals surface area contributed by atoms with Gasteiger partial charge in [0.25, 0.3) is 0 Å². The fourth-order valence-electron chi connectivity index (χ4n) is 4.45. The molecule has 10 nitrogen and oxygen atoms in total. The largest absolute Gasteiger partial charge is 0.349 e. The van der Waals surface area contributed by atoms with Gasteiger partial charge in [0.1, 0.15) is 0 Å². The van der Waals surface area contributed by atoms with Crippen LogP contribution in [0.4, 0.5) is 0 Å². The Labute approximate surface area is 272 Å². The Hall–Kier alpha value is -3.86. The number of rotatable bonds is 2. The Kier molecular flexibility index (Phi) is 20.5. The molecule has 0 unspecified atom stereocenters. The molecule has 1 aliphatic heterocycles. The van der Waals surface area contributed by atoms with E-state index in [1.807, 2.05) is 48.2 Å². The van der Waals surface area contributed by atoms with Crippen LogP contribution in [0.15, 0.2) is 60.7 Å². The van der Waals surface area contributed by atoms with Crippen LogP contribution >= 0.6 is 11.8 Å². The smallest absolute Gasteiger partial charge is 0.239 e. The molecule has 1 saturated heterocycles. The molecule has 1 spiro atoms. The van der Waals surface area contributed by atoms with E-state index in [2.05, 4.69) is 77.9 Å². The summed E-state index contributed by atoms with van der Waals surface area (Å²) in [6, 6.07) is 20.5. The van der Waals surface area contributed by atoms with Crippen LogP contribution in [0.1, 0.15) is 63.0 Å². The first-order valence-corrected chi connectivity index (χ1v) is 16.9. The third-order valence-electron chi connectivity index (χ3n) is 6.87. The van der Waals surface area contributed by atoms with Gasteiger partial charge >= 0.3 is 0 Å². The minimum Gasteiger partial charge on any atom is -0.349 e. The minimum atomic E-state index is -0.543. The third-order valence-corrected chi connectivity index (χ3v) is 7.69. The number of benzene rings is 2. The highest BCUT2D eigenvalue weighted by Gasteiger charge is 2.35. The highest BCUT2D eigenvalue weighted by atomic mass is 32.2. The molecule has 248 valence electrons. The van der Waals surface area contributed by atoms with Gasteiger partial charge < -0.3 is 26.6 Å². The number of carbonyl (C=O) groups excluding carboxylic acids is 5. The fourth-order valence-corrected chi connectivity index (χ4v) is 4.85. The molecule has 0 radical (unpaired) electrons. The lowest BCUT2D eigenvalue weighted by Crippen LogP contribution is -2.51. The highest BCUT2D eigenvalue weighted by Crippen LogP contribution is 2.33. The summed E-state index contributed by atoms with van der Waals surface area (Å²) in [7, 11) is 0. The summed E-state index contributed by atoms with van der Waals surface area (Å²) in [5.74, 6) is -0.845. The third kappa shape index (κ3) is 19.9. The molecular weight excluding hydrogens is 590 g/mol. The Morgan fingerprint density at radius 1 is 0.600 bits per heavy atom. The van der Waals surface area contributed by atoms with Crippen LogP contribution in [0.2, 0.25) is 0 Å². The molecular formula is C34H51N5O5S. The van der Waals surface area contributed by atoms with Crippen LogP contribution in [0.25, 0.3) is 0 Å². The summed E-state index contributed by atoms with van der Waals surface area (Å²) >= 11 is 1.90. The zero-order valence-electron chi connectivity index (χ0n) is 27.2. The van der Waals surface area contributed by atoms with Crippen molar-refractivity contribution in [3.05, 3.63) is 71.8 Å². The number of hydrogen-bond acceptors (Lipinski definition) is 6. The van der Waals surface area contributed by atoms with Gasteiger partial charge in [-0.2, -0.15) is 11.8 Å². The van der Waals surface area contributed by atoms with Gasteiger partial charge in [-0.05, 0) is 51.5 Å². The van der Waals surface area contributed by atoms with Crippen molar-refractivity contribution in [2.45, 2.75) is 71.3 Å². The summed E-state index contributed by atoms with van der Waals surface area (Å²) in [6.07, 6.45) is 7.56. The molecule has 0 aromatic heterocycles. The van der Waals surface area contributed by atoms with Crippen LogP contribution in [-0.4, -0.2) is 73.3 Å². The van der Waals surface area contributed by atoms with Gasteiger partial charge in [-0.15, -0.1) is 0 Å². The Bertz CT molecular complexity index is 1120. The quantitative estimate of drug-likeness (QED) is 0.340. The van der Waals surface area contributed by atoms with E-state index >= 15 is 0 Å². The van der Waals surface area contributed by atoms with Crippen LogP contribution < -0.4 is 26.6 Å². The summed E-state index contributed by atoms with van der Waals surface area (Å²) in [4.78, 5) is 59.0. The molecule has 1 heterocycles. The second kappa shape index (κ2) is 23.5. The molecule has 5 amide bonds. The second-order valence-corrected chi connectivity index (χ2v) is 11.9. The number of aryl methyl sites for hydroxylation is 2. The minimum absolute atomic E-state index is 0.181. The lowest BCUT2D eigenvalue weighted by molar-refractivity contribution is -0.129. The van der Waals surface area contributed by atoms with E-state index in [1.54, 1.807) is 0 Å². The topological polar surface area (TPSA) is 146 Å². The molecule has 1 saturated carbocycles. The van der Waals surface area contributed by atoms with Gasteiger partial charge in [-0.1, -0.05) is 91.6 Å². The van der Waals surface area contributed by atoms with E-state index in [9.17, 15) is 24.0 Å². The van der Waals surface area contributed by atoms with E-state index in [-0.39, 0.29) is 44.4 Å². The standard InChI is InChI=1S/C16H25N5O5.2C7H8.C4H10S/c22-11-3-6-16(4-1-2-5-16)21-15(26)10-20-14(25)9-19-13(24)8-18-12(23)7-17-11;2*1-7-5-3-2-4-6-7;1-3-4-5-2/h1-10H2,(H,17,22)(H,18,23)(H,19,24)(H,20,25)(H,21,26);2*2-6H,1H3;3-4H2,1-2H3. The average molecular weight is 642 g/mol. The van der Waals surface area contributed by atoms with Crippen LogP contribution in [0.3, 0.4) is 0 Å². The fraction of sp³-hybridized carbons (Fsp3) is 0.500.